The van der Waals surface area contributed by atoms with E-state index in [1.165, 1.54) is 25.3 Å². The molecule has 0 aromatic heterocycles. The lowest BCUT2D eigenvalue weighted by atomic mass is 9.85. The topological polar surface area (TPSA) is 21.3 Å². The first-order valence-corrected chi connectivity index (χ1v) is 8.33. The number of halogens is 1. The van der Waals surface area contributed by atoms with Crippen LogP contribution >= 0.6 is 0 Å². The van der Waals surface area contributed by atoms with Crippen LogP contribution in [0.3, 0.4) is 0 Å². The van der Waals surface area contributed by atoms with Crippen molar-refractivity contribution in [3.05, 3.63) is 29.6 Å². The predicted octanol–water partition coefficient (Wildman–Crippen LogP) is 4.84. The molecule has 0 aliphatic heterocycles. The minimum Gasteiger partial charge on any atom is -0.490 e. The largest absolute Gasteiger partial charge is 0.490 e. The molecule has 1 fully saturated rings. The maximum atomic E-state index is 13.6. The lowest BCUT2D eigenvalue weighted by molar-refractivity contribution is 0.120. The molecule has 3 unspecified atom stereocenters. The minimum absolute atomic E-state index is 0.103. The summed E-state index contributed by atoms with van der Waals surface area (Å²) in [6, 6.07) is 4.99. The molecule has 2 nitrogen and oxygen atoms in total. The van der Waals surface area contributed by atoms with Crippen molar-refractivity contribution in [1.82, 2.24) is 5.32 Å². The number of hydrogen-bond acceptors (Lipinski definition) is 2. The standard InChI is InChI=1S/C18H28FNO/c1-4-14-7-6-8-16(11-14)21-18-10-9-15(19)12-17(18)13(3)20-5-2/h9-10,12-14,16,20H,4-8,11H2,1-3H3. The molecule has 1 aromatic rings. The van der Waals surface area contributed by atoms with Crippen LogP contribution in [0.4, 0.5) is 4.39 Å². The first-order valence-electron chi connectivity index (χ1n) is 8.33. The molecule has 21 heavy (non-hydrogen) atoms. The van der Waals surface area contributed by atoms with Gasteiger partial charge in [-0.1, -0.05) is 26.7 Å². The van der Waals surface area contributed by atoms with E-state index in [9.17, 15) is 4.39 Å². The second kappa shape index (κ2) is 7.79. The zero-order chi connectivity index (χ0) is 15.2. The quantitative estimate of drug-likeness (QED) is 0.810. The summed E-state index contributed by atoms with van der Waals surface area (Å²) in [6.07, 6.45) is 6.31. The first-order chi connectivity index (χ1) is 10.1. The Labute approximate surface area is 128 Å². The van der Waals surface area contributed by atoms with E-state index in [0.29, 0.717) is 0 Å². The van der Waals surface area contributed by atoms with Crippen LogP contribution in [-0.4, -0.2) is 12.6 Å². The third-order valence-electron chi connectivity index (χ3n) is 4.55. The van der Waals surface area contributed by atoms with Gasteiger partial charge in [-0.25, -0.2) is 4.39 Å². The highest BCUT2D eigenvalue weighted by atomic mass is 19.1. The molecule has 0 radical (unpaired) electrons. The molecule has 2 rings (SSSR count). The van der Waals surface area contributed by atoms with Gasteiger partial charge in [0.25, 0.3) is 0 Å². The van der Waals surface area contributed by atoms with Crippen LogP contribution in [0.15, 0.2) is 18.2 Å². The molecule has 3 atom stereocenters. The average Bonchev–Trinajstić information content (AvgIpc) is 2.49. The van der Waals surface area contributed by atoms with E-state index >= 15 is 0 Å². The Morgan fingerprint density at radius 2 is 2.14 bits per heavy atom. The molecule has 0 bridgehead atoms. The Morgan fingerprint density at radius 1 is 1.33 bits per heavy atom. The first kappa shape index (κ1) is 16.3. The Balaban J connectivity index is 2.11. The van der Waals surface area contributed by atoms with Crippen LogP contribution in [0.25, 0.3) is 0 Å². The number of ether oxygens (including phenoxy) is 1. The van der Waals surface area contributed by atoms with Gasteiger partial charge in [0.1, 0.15) is 11.6 Å². The summed E-state index contributed by atoms with van der Waals surface area (Å²) in [7, 11) is 0. The highest BCUT2D eigenvalue weighted by molar-refractivity contribution is 5.36. The van der Waals surface area contributed by atoms with Gasteiger partial charge in [-0.05, 0) is 56.8 Å². The van der Waals surface area contributed by atoms with Gasteiger partial charge >= 0.3 is 0 Å². The highest BCUT2D eigenvalue weighted by Crippen LogP contribution is 2.33. The third kappa shape index (κ3) is 4.44. The van der Waals surface area contributed by atoms with Crippen molar-refractivity contribution in [2.75, 3.05) is 6.54 Å². The summed E-state index contributed by atoms with van der Waals surface area (Å²) in [6.45, 7) is 7.23. The second-order valence-electron chi connectivity index (χ2n) is 6.14. The zero-order valence-corrected chi connectivity index (χ0v) is 13.5. The minimum atomic E-state index is -0.197. The average molecular weight is 293 g/mol. The van der Waals surface area contributed by atoms with Gasteiger partial charge in [-0.2, -0.15) is 0 Å². The molecule has 1 aliphatic carbocycles. The van der Waals surface area contributed by atoms with Crippen LogP contribution in [0.5, 0.6) is 5.75 Å². The Kier molecular flexibility index (Phi) is 6.04. The van der Waals surface area contributed by atoms with Crippen LogP contribution in [0.1, 0.15) is 64.5 Å². The normalized spacial score (nSPS) is 23.8. The second-order valence-corrected chi connectivity index (χ2v) is 6.14. The summed E-state index contributed by atoms with van der Waals surface area (Å²) in [4.78, 5) is 0. The van der Waals surface area contributed by atoms with Gasteiger partial charge in [0, 0.05) is 11.6 Å². The van der Waals surface area contributed by atoms with Crippen molar-refractivity contribution in [3.63, 3.8) is 0 Å². The summed E-state index contributed by atoms with van der Waals surface area (Å²) < 4.78 is 19.8. The molecule has 1 aromatic carbocycles. The van der Waals surface area contributed by atoms with Crippen LogP contribution in [-0.2, 0) is 0 Å². The zero-order valence-electron chi connectivity index (χ0n) is 13.5. The van der Waals surface area contributed by atoms with Gasteiger partial charge in [-0.3, -0.25) is 0 Å². The molecule has 0 heterocycles. The van der Waals surface area contributed by atoms with E-state index in [0.717, 1.165) is 36.6 Å². The number of hydrogen-bond donors (Lipinski definition) is 1. The number of rotatable bonds is 6. The van der Waals surface area contributed by atoms with Gasteiger partial charge in [0.2, 0.25) is 0 Å². The fourth-order valence-electron chi connectivity index (χ4n) is 3.28. The van der Waals surface area contributed by atoms with E-state index in [2.05, 4.69) is 26.1 Å². The highest BCUT2D eigenvalue weighted by Gasteiger charge is 2.23. The van der Waals surface area contributed by atoms with Crippen molar-refractivity contribution in [1.29, 1.82) is 0 Å². The fraction of sp³-hybridized carbons (Fsp3) is 0.667. The fourth-order valence-corrected chi connectivity index (χ4v) is 3.28. The molecule has 3 heteroatoms. The Morgan fingerprint density at radius 3 is 2.86 bits per heavy atom. The van der Waals surface area contributed by atoms with Crippen molar-refractivity contribution >= 4 is 0 Å². The molecule has 1 saturated carbocycles. The van der Waals surface area contributed by atoms with Crippen LogP contribution in [0.2, 0.25) is 0 Å². The third-order valence-corrected chi connectivity index (χ3v) is 4.55. The van der Waals surface area contributed by atoms with Crippen LogP contribution in [0, 0.1) is 11.7 Å². The number of benzene rings is 1. The molecule has 1 N–H and O–H groups in total. The van der Waals surface area contributed by atoms with Gasteiger partial charge < -0.3 is 10.1 Å². The molecular formula is C18H28FNO. The maximum absolute atomic E-state index is 13.6. The number of nitrogens with one attached hydrogen (secondary N) is 1. The van der Waals surface area contributed by atoms with Crippen molar-refractivity contribution in [2.24, 2.45) is 5.92 Å². The molecule has 0 saturated heterocycles. The SMILES string of the molecule is CCNC(C)c1cc(F)ccc1OC1CCCC(CC)C1. The summed E-state index contributed by atoms with van der Waals surface area (Å²) >= 11 is 0. The summed E-state index contributed by atoms with van der Waals surface area (Å²) in [5.41, 5.74) is 0.926. The lowest BCUT2D eigenvalue weighted by Gasteiger charge is -2.30. The molecule has 118 valence electrons. The Hall–Kier alpha value is -1.09. The monoisotopic (exact) mass is 293 g/mol. The predicted molar refractivity (Wildman–Crippen MR) is 85.2 cm³/mol. The van der Waals surface area contributed by atoms with E-state index in [4.69, 9.17) is 4.74 Å². The van der Waals surface area contributed by atoms with E-state index in [-0.39, 0.29) is 18.0 Å². The van der Waals surface area contributed by atoms with Gasteiger partial charge in [0.05, 0.1) is 6.10 Å². The molecule has 1 aliphatic rings. The lowest BCUT2D eigenvalue weighted by Crippen LogP contribution is -2.26. The molecule has 0 spiro atoms. The molecular weight excluding hydrogens is 265 g/mol. The van der Waals surface area contributed by atoms with Gasteiger partial charge in [-0.15, -0.1) is 0 Å². The van der Waals surface area contributed by atoms with Crippen LogP contribution < -0.4 is 10.1 Å². The van der Waals surface area contributed by atoms with Gasteiger partial charge in [0.15, 0.2) is 0 Å². The summed E-state index contributed by atoms with van der Waals surface area (Å²) in [5, 5.41) is 3.34. The Bertz CT molecular complexity index is 449. The summed E-state index contributed by atoms with van der Waals surface area (Å²) in [5.74, 6) is 1.42. The van der Waals surface area contributed by atoms with Crippen molar-refractivity contribution in [2.45, 2.75) is 65.0 Å². The molecule has 0 amide bonds. The smallest absolute Gasteiger partial charge is 0.124 e. The van der Waals surface area contributed by atoms with E-state index in [1.807, 2.05) is 0 Å². The van der Waals surface area contributed by atoms with Crippen molar-refractivity contribution < 1.29 is 9.13 Å². The van der Waals surface area contributed by atoms with Crippen molar-refractivity contribution in [3.8, 4) is 5.75 Å². The maximum Gasteiger partial charge on any atom is 0.124 e. The van der Waals surface area contributed by atoms with E-state index < -0.39 is 0 Å². The van der Waals surface area contributed by atoms with E-state index in [1.54, 1.807) is 12.1 Å².